The number of benzene rings is 2. The molecule has 3 rings (SSSR count). The second kappa shape index (κ2) is 5.12. The lowest BCUT2D eigenvalue weighted by Crippen LogP contribution is -2.44. The quantitative estimate of drug-likeness (QED) is 0.801. The molecule has 1 heterocycles. The van der Waals surface area contributed by atoms with Crippen LogP contribution in [0.3, 0.4) is 0 Å². The van der Waals surface area contributed by atoms with Crippen LogP contribution in [0.4, 0.5) is 18.9 Å². The average molecular weight is 361 g/mol. The molecule has 0 aliphatic carbocycles. The maximum absolute atomic E-state index is 12.7. The first-order valence-corrected chi connectivity index (χ1v) is 7.17. The van der Waals surface area contributed by atoms with E-state index in [-0.39, 0.29) is 16.1 Å². The van der Waals surface area contributed by atoms with Crippen LogP contribution >= 0.6 is 23.2 Å². The molecule has 0 spiro atoms. The minimum atomic E-state index is -4.47. The Balaban J connectivity index is 2.15. The number of amides is 1. The van der Waals surface area contributed by atoms with Crippen LogP contribution in [0.15, 0.2) is 36.4 Å². The molecule has 8 heteroatoms. The van der Waals surface area contributed by atoms with Gasteiger partial charge in [-0.05, 0) is 29.8 Å². The SMILES string of the molecule is NC1(c2ccc(C(F)(F)F)cc2)C(=O)Nc2cc(Cl)cc(Cl)c21. The fourth-order valence-corrected chi connectivity index (χ4v) is 3.25. The van der Waals surface area contributed by atoms with Gasteiger partial charge in [-0.2, -0.15) is 13.2 Å². The molecular weight excluding hydrogens is 352 g/mol. The van der Waals surface area contributed by atoms with Crippen LogP contribution in [0.25, 0.3) is 0 Å². The average Bonchev–Trinajstić information content (AvgIpc) is 2.70. The summed E-state index contributed by atoms with van der Waals surface area (Å²) in [7, 11) is 0. The lowest BCUT2D eigenvalue weighted by molar-refractivity contribution is -0.137. The fourth-order valence-electron chi connectivity index (χ4n) is 2.60. The fraction of sp³-hybridized carbons (Fsp3) is 0.133. The standard InChI is InChI=1S/C15H9Cl2F3N2O/c16-9-5-10(17)12-11(6-9)22-13(23)14(12,21)7-1-3-8(4-2-7)15(18,19)20/h1-6H,21H2,(H,22,23). The van der Waals surface area contributed by atoms with Gasteiger partial charge in [-0.25, -0.2) is 0 Å². The van der Waals surface area contributed by atoms with Crippen molar-refractivity contribution in [3.05, 3.63) is 63.1 Å². The first-order valence-electron chi connectivity index (χ1n) is 6.41. The van der Waals surface area contributed by atoms with Crippen LogP contribution in [0.1, 0.15) is 16.7 Å². The minimum Gasteiger partial charge on any atom is -0.323 e. The number of rotatable bonds is 1. The van der Waals surface area contributed by atoms with E-state index in [9.17, 15) is 18.0 Å². The van der Waals surface area contributed by atoms with Crippen LogP contribution < -0.4 is 11.1 Å². The molecule has 1 unspecified atom stereocenters. The summed E-state index contributed by atoms with van der Waals surface area (Å²) in [6.07, 6.45) is -4.47. The largest absolute Gasteiger partial charge is 0.416 e. The van der Waals surface area contributed by atoms with Gasteiger partial charge in [0.15, 0.2) is 5.54 Å². The minimum absolute atomic E-state index is 0.160. The second-order valence-electron chi connectivity index (χ2n) is 5.15. The second-order valence-corrected chi connectivity index (χ2v) is 5.99. The molecule has 0 fully saturated rings. The van der Waals surface area contributed by atoms with Crippen molar-refractivity contribution in [1.82, 2.24) is 0 Å². The normalized spacial score (nSPS) is 20.3. The Kier molecular flexibility index (Phi) is 3.59. The summed E-state index contributed by atoms with van der Waals surface area (Å²) in [5.41, 5.74) is 4.55. The number of halogens is 5. The van der Waals surface area contributed by atoms with E-state index >= 15 is 0 Å². The Bertz CT molecular complexity index is 806. The van der Waals surface area contributed by atoms with Crippen molar-refractivity contribution in [2.75, 3.05) is 5.32 Å². The lowest BCUT2D eigenvalue weighted by Gasteiger charge is -2.24. The lowest BCUT2D eigenvalue weighted by atomic mass is 9.84. The predicted octanol–water partition coefficient (Wildman–Crippen LogP) is 4.17. The van der Waals surface area contributed by atoms with Crippen molar-refractivity contribution in [3.63, 3.8) is 0 Å². The zero-order valence-electron chi connectivity index (χ0n) is 11.3. The highest BCUT2D eigenvalue weighted by Crippen LogP contribution is 2.44. The van der Waals surface area contributed by atoms with Crippen molar-refractivity contribution in [2.24, 2.45) is 5.73 Å². The van der Waals surface area contributed by atoms with Gasteiger partial charge >= 0.3 is 6.18 Å². The van der Waals surface area contributed by atoms with Gasteiger partial charge < -0.3 is 11.1 Å². The number of carbonyl (C=O) groups excluding carboxylic acids is 1. The van der Waals surface area contributed by atoms with Crippen LogP contribution in [-0.2, 0) is 16.5 Å². The Labute approximate surface area is 139 Å². The molecule has 3 N–H and O–H groups in total. The molecule has 0 saturated carbocycles. The van der Waals surface area contributed by atoms with E-state index in [2.05, 4.69) is 5.32 Å². The first-order chi connectivity index (χ1) is 10.6. The molecule has 1 amide bonds. The van der Waals surface area contributed by atoms with Gasteiger partial charge in [0, 0.05) is 16.3 Å². The van der Waals surface area contributed by atoms with E-state index in [1.165, 1.54) is 24.3 Å². The highest BCUT2D eigenvalue weighted by molar-refractivity contribution is 6.37. The van der Waals surface area contributed by atoms with Gasteiger partial charge in [0.2, 0.25) is 0 Å². The summed E-state index contributed by atoms with van der Waals surface area (Å²) in [6.45, 7) is 0. The zero-order chi connectivity index (χ0) is 17.0. The molecule has 3 nitrogen and oxygen atoms in total. The maximum Gasteiger partial charge on any atom is 0.416 e. The Morgan fingerprint density at radius 3 is 2.26 bits per heavy atom. The Morgan fingerprint density at radius 1 is 1.09 bits per heavy atom. The highest BCUT2D eigenvalue weighted by Gasteiger charge is 2.47. The molecular formula is C15H9Cl2F3N2O. The predicted molar refractivity (Wildman–Crippen MR) is 81.5 cm³/mol. The van der Waals surface area contributed by atoms with Gasteiger partial charge in [-0.3, -0.25) is 4.79 Å². The van der Waals surface area contributed by atoms with Crippen molar-refractivity contribution in [3.8, 4) is 0 Å². The third-order valence-electron chi connectivity index (χ3n) is 3.72. The van der Waals surface area contributed by atoms with Crippen LogP contribution in [-0.4, -0.2) is 5.91 Å². The number of nitrogens with two attached hydrogens (primary N) is 1. The Morgan fingerprint density at radius 2 is 1.70 bits per heavy atom. The van der Waals surface area contributed by atoms with E-state index in [4.69, 9.17) is 28.9 Å². The van der Waals surface area contributed by atoms with Crippen molar-refractivity contribution in [2.45, 2.75) is 11.7 Å². The highest BCUT2D eigenvalue weighted by atomic mass is 35.5. The first kappa shape index (κ1) is 16.1. The number of hydrogen-bond donors (Lipinski definition) is 2. The van der Waals surface area contributed by atoms with Gasteiger partial charge in [-0.15, -0.1) is 0 Å². The van der Waals surface area contributed by atoms with Gasteiger partial charge in [0.05, 0.1) is 10.6 Å². The third kappa shape index (κ3) is 2.47. The molecule has 120 valence electrons. The monoisotopic (exact) mass is 360 g/mol. The van der Waals surface area contributed by atoms with Crippen molar-refractivity contribution >= 4 is 34.8 Å². The molecule has 0 radical (unpaired) electrons. The maximum atomic E-state index is 12.7. The molecule has 0 bridgehead atoms. The van der Waals surface area contributed by atoms with Crippen LogP contribution in [0, 0.1) is 0 Å². The summed E-state index contributed by atoms with van der Waals surface area (Å²) < 4.78 is 38.0. The van der Waals surface area contributed by atoms with E-state index < -0.39 is 23.2 Å². The van der Waals surface area contributed by atoms with Crippen molar-refractivity contribution in [1.29, 1.82) is 0 Å². The summed E-state index contributed by atoms with van der Waals surface area (Å²) >= 11 is 12.0. The Hall–Kier alpha value is -1.76. The smallest absolute Gasteiger partial charge is 0.323 e. The topological polar surface area (TPSA) is 55.1 Å². The van der Waals surface area contributed by atoms with E-state index in [1.807, 2.05) is 0 Å². The molecule has 0 aromatic heterocycles. The summed E-state index contributed by atoms with van der Waals surface area (Å²) in [5, 5.41) is 3.03. The van der Waals surface area contributed by atoms with Gasteiger partial charge in [-0.1, -0.05) is 35.3 Å². The molecule has 2 aromatic carbocycles. The zero-order valence-corrected chi connectivity index (χ0v) is 12.9. The number of carbonyl (C=O) groups is 1. The van der Waals surface area contributed by atoms with E-state index in [0.717, 1.165) is 12.1 Å². The van der Waals surface area contributed by atoms with E-state index in [0.29, 0.717) is 10.7 Å². The summed E-state index contributed by atoms with van der Waals surface area (Å²) in [4.78, 5) is 12.3. The van der Waals surface area contributed by atoms with Crippen LogP contribution in [0.2, 0.25) is 10.0 Å². The number of fused-ring (bicyclic) bond motifs is 1. The molecule has 0 saturated heterocycles. The number of alkyl halides is 3. The summed E-state index contributed by atoms with van der Waals surface area (Å²) in [5.74, 6) is -0.587. The molecule has 1 aliphatic rings. The van der Waals surface area contributed by atoms with E-state index in [1.54, 1.807) is 0 Å². The number of nitrogens with one attached hydrogen (secondary N) is 1. The van der Waals surface area contributed by atoms with Crippen molar-refractivity contribution < 1.29 is 18.0 Å². The van der Waals surface area contributed by atoms with Gasteiger partial charge in [0.25, 0.3) is 5.91 Å². The summed E-state index contributed by atoms with van der Waals surface area (Å²) in [6, 6.07) is 7.00. The number of hydrogen-bond acceptors (Lipinski definition) is 2. The van der Waals surface area contributed by atoms with Gasteiger partial charge in [0.1, 0.15) is 0 Å². The third-order valence-corrected chi connectivity index (χ3v) is 4.24. The molecule has 1 aliphatic heterocycles. The molecule has 1 atom stereocenters. The van der Waals surface area contributed by atoms with Crippen LogP contribution in [0.5, 0.6) is 0 Å². The number of anilines is 1. The molecule has 23 heavy (non-hydrogen) atoms. The molecule has 2 aromatic rings.